The van der Waals surface area contributed by atoms with Crippen molar-refractivity contribution in [2.75, 3.05) is 32.0 Å². The van der Waals surface area contributed by atoms with Gasteiger partial charge in [0.05, 0.1) is 12.5 Å². The maximum atomic E-state index is 13.9. The number of nitrogens with zero attached hydrogens (tertiary/aromatic N) is 2. The standard InChI is InChI=1S/C22H28F3N3O4S/c1-2-32-22(31)13-3-5-27(6-4-13)20(30)21-28(7-8-33-21)19(29)11-15(26)9-14-10-17(24)18(25)12-16(14)23/h10,12-13,15,21H,2-9,11,26H2,1H3/t15-,21?/m1/s1. The average Bonchev–Trinajstić information content (AvgIpc) is 3.27. The van der Waals surface area contributed by atoms with Crippen molar-refractivity contribution in [3.05, 3.63) is 35.1 Å². The molecule has 2 fully saturated rings. The number of amides is 2. The van der Waals surface area contributed by atoms with Crippen molar-refractivity contribution in [2.45, 2.75) is 44.0 Å². The molecule has 2 aliphatic heterocycles. The van der Waals surface area contributed by atoms with E-state index in [2.05, 4.69) is 0 Å². The van der Waals surface area contributed by atoms with Crippen LogP contribution >= 0.6 is 11.8 Å². The maximum Gasteiger partial charge on any atom is 0.309 e. The Morgan fingerprint density at radius 3 is 2.45 bits per heavy atom. The molecule has 2 amide bonds. The number of rotatable bonds is 7. The normalized spacial score (nSPS) is 20.1. The van der Waals surface area contributed by atoms with E-state index in [0.717, 1.165) is 6.07 Å². The smallest absolute Gasteiger partial charge is 0.309 e. The lowest BCUT2D eigenvalue weighted by Gasteiger charge is -2.34. The zero-order valence-corrected chi connectivity index (χ0v) is 19.2. The second kappa shape index (κ2) is 11.2. The largest absolute Gasteiger partial charge is 0.466 e. The lowest BCUT2D eigenvalue weighted by Crippen LogP contribution is -2.50. The first kappa shape index (κ1) is 25.4. The highest BCUT2D eigenvalue weighted by molar-refractivity contribution is 8.00. The van der Waals surface area contributed by atoms with Crippen LogP contribution in [-0.2, 0) is 25.5 Å². The number of hydrogen-bond donors (Lipinski definition) is 1. The van der Waals surface area contributed by atoms with Gasteiger partial charge >= 0.3 is 5.97 Å². The number of ether oxygens (including phenoxy) is 1. The van der Waals surface area contributed by atoms with E-state index in [0.29, 0.717) is 50.9 Å². The van der Waals surface area contributed by atoms with Gasteiger partial charge in [-0.05, 0) is 37.8 Å². The molecule has 2 N–H and O–H groups in total. The molecule has 7 nitrogen and oxygen atoms in total. The molecule has 33 heavy (non-hydrogen) atoms. The highest BCUT2D eigenvalue weighted by Gasteiger charge is 2.39. The molecule has 0 radical (unpaired) electrons. The molecule has 2 heterocycles. The lowest BCUT2D eigenvalue weighted by molar-refractivity contribution is -0.151. The second-order valence-corrected chi connectivity index (χ2v) is 9.38. The number of carbonyl (C=O) groups is 3. The minimum atomic E-state index is -1.29. The fourth-order valence-corrected chi connectivity index (χ4v) is 5.32. The number of likely N-dealkylation sites (tertiary alicyclic amines) is 1. The van der Waals surface area contributed by atoms with Crippen molar-refractivity contribution in [3.63, 3.8) is 0 Å². The van der Waals surface area contributed by atoms with Gasteiger partial charge in [-0.2, -0.15) is 0 Å². The molecule has 1 aromatic rings. The number of benzene rings is 1. The molecular weight excluding hydrogens is 459 g/mol. The Kier molecular flexibility index (Phi) is 8.63. The first-order valence-electron chi connectivity index (χ1n) is 11.0. The van der Waals surface area contributed by atoms with E-state index >= 15 is 0 Å². The summed E-state index contributed by atoms with van der Waals surface area (Å²) < 4.78 is 45.5. The molecule has 182 valence electrons. The summed E-state index contributed by atoms with van der Waals surface area (Å²) in [5.41, 5.74) is 5.88. The fraction of sp³-hybridized carbons (Fsp3) is 0.591. The summed E-state index contributed by atoms with van der Waals surface area (Å²) in [6.07, 6.45) is 0.727. The van der Waals surface area contributed by atoms with Crippen LogP contribution < -0.4 is 5.73 Å². The molecule has 3 rings (SSSR count). The number of esters is 1. The van der Waals surface area contributed by atoms with Crippen molar-refractivity contribution >= 4 is 29.5 Å². The molecule has 2 aliphatic rings. The van der Waals surface area contributed by atoms with Crippen LogP contribution in [0.4, 0.5) is 13.2 Å². The van der Waals surface area contributed by atoms with Gasteiger partial charge in [0, 0.05) is 43.9 Å². The van der Waals surface area contributed by atoms with Crippen molar-refractivity contribution in [2.24, 2.45) is 11.7 Å². The van der Waals surface area contributed by atoms with E-state index in [1.54, 1.807) is 11.8 Å². The molecule has 0 aliphatic carbocycles. The van der Waals surface area contributed by atoms with Crippen LogP contribution in [0.1, 0.15) is 31.7 Å². The van der Waals surface area contributed by atoms with Crippen LogP contribution in [0.3, 0.4) is 0 Å². The summed E-state index contributed by atoms with van der Waals surface area (Å²) in [5.74, 6) is -3.81. The van der Waals surface area contributed by atoms with Gasteiger partial charge < -0.3 is 20.3 Å². The number of nitrogens with two attached hydrogens (primary N) is 1. The highest BCUT2D eigenvalue weighted by Crippen LogP contribution is 2.29. The summed E-state index contributed by atoms with van der Waals surface area (Å²) in [5, 5.41) is -0.677. The minimum absolute atomic E-state index is 0.109. The van der Waals surface area contributed by atoms with Crippen molar-refractivity contribution < 1.29 is 32.3 Å². The van der Waals surface area contributed by atoms with Crippen LogP contribution in [0.5, 0.6) is 0 Å². The quantitative estimate of drug-likeness (QED) is 0.468. The van der Waals surface area contributed by atoms with Crippen LogP contribution in [0.2, 0.25) is 0 Å². The Morgan fingerprint density at radius 2 is 1.79 bits per heavy atom. The van der Waals surface area contributed by atoms with Crippen molar-refractivity contribution in [3.8, 4) is 0 Å². The van der Waals surface area contributed by atoms with E-state index < -0.39 is 28.9 Å². The van der Waals surface area contributed by atoms with Gasteiger partial charge in [0.15, 0.2) is 17.0 Å². The van der Waals surface area contributed by atoms with Crippen LogP contribution in [0, 0.1) is 23.4 Å². The first-order valence-corrected chi connectivity index (χ1v) is 12.0. The van der Waals surface area contributed by atoms with Crippen LogP contribution in [-0.4, -0.2) is 71.0 Å². The molecule has 0 bridgehead atoms. The Hall–Kier alpha value is -2.27. The molecule has 1 unspecified atom stereocenters. The van der Waals surface area contributed by atoms with E-state index in [1.165, 1.54) is 16.7 Å². The first-order chi connectivity index (χ1) is 15.7. The Balaban J connectivity index is 1.55. The molecular formula is C22H28F3N3O4S. The van der Waals surface area contributed by atoms with Gasteiger partial charge in [-0.25, -0.2) is 13.2 Å². The van der Waals surface area contributed by atoms with Gasteiger partial charge in [-0.3, -0.25) is 14.4 Å². The topological polar surface area (TPSA) is 92.9 Å². The lowest BCUT2D eigenvalue weighted by atomic mass is 9.97. The number of halogens is 3. The highest BCUT2D eigenvalue weighted by atomic mass is 32.2. The summed E-state index contributed by atoms with van der Waals surface area (Å²) in [7, 11) is 0. The number of piperidine rings is 1. The predicted molar refractivity (Wildman–Crippen MR) is 117 cm³/mol. The molecule has 0 aromatic heterocycles. The van der Waals surface area contributed by atoms with Gasteiger partial charge in [-0.15, -0.1) is 11.8 Å². The minimum Gasteiger partial charge on any atom is -0.466 e. The van der Waals surface area contributed by atoms with Gasteiger partial charge in [0.2, 0.25) is 5.91 Å². The predicted octanol–water partition coefficient (Wildman–Crippen LogP) is 2.07. The van der Waals surface area contributed by atoms with E-state index in [9.17, 15) is 27.6 Å². The molecule has 0 saturated carbocycles. The molecule has 2 atom stereocenters. The second-order valence-electron chi connectivity index (χ2n) is 8.19. The monoisotopic (exact) mass is 487 g/mol. The van der Waals surface area contributed by atoms with Gasteiger partial charge in [0.1, 0.15) is 5.82 Å². The number of thioether (sulfide) groups is 1. The third-order valence-corrected chi connectivity index (χ3v) is 7.05. The Bertz CT molecular complexity index is 896. The Labute approximate surface area is 194 Å². The summed E-state index contributed by atoms with van der Waals surface area (Å²) in [4.78, 5) is 40.9. The van der Waals surface area contributed by atoms with E-state index in [-0.39, 0.29) is 42.1 Å². The van der Waals surface area contributed by atoms with Crippen molar-refractivity contribution in [1.82, 2.24) is 9.80 Å². The molecule has 2 saturated heterocycles. The summed E-state index contributed by atoms with van der Waals surface area (Å²) in [6, 6.07) is 0.377. The zero-order valence-electron chi connectivity index (χ0n) is 18.4. The maximum absolute atomic E-state index is 13.9. The van der Waals surface area contributed by atoms with Crippen molar-refractivity contribution in [1.29, 1.82) is 0 Å². The third kappa shape index (κ3) is 6.20. The molecule has 1 aromatic carbocycles. The Morgan fingerprint density at radius 1 is 1.12 bits per heavy atom. The third-order valence-electron chi connectivity index (χ3n) is 5.86. The number of hydrogen-bond acceptors (Lipinski definition) is 6. The summed E-state index contributed by atoms with van der Waals surface area (Å²) in [6.45, 7) is 3.27. The van der Waals surface area contributed by atoms with E-state index in [4.69, 9.17) is 10.5 Å². The summed E-state index contributed by atoms with van der Waals surface area (Å²) >= 11 is 1.36. The van der Waals surface area contributed by atoms with E-state index in [1.807, 2.05) is 0 Å². The average molecular weight is 488 g/mol. The van der Waals surface area contributed by atoms with Gasteiger partial charge in [0.25, 0.3) is 5.91 Å². The van der Waals surface area contributed by atoms with Crippen LogP contribution in [0.25, 0.3) is 0 Å². The molecule has 11 heteroatoms. The SMILES string of the molecule is CCOC(=O)C1CCN(C(=O)C2SCCN2C(=O)C[C@H](N)Cc2cc(F)c(F)cc2F)CC1. The number of carbonyl (C=O) groups excluding carboxylic acids is 3. The fourth-order valence-electron chi connectivity index (χ4n) is 4.10. The molecule has 0 spiro atoms. The zero-order chi connectivity index (χ0) is 24.1. The van der Waals surface area contributed by atoms with Crippen LogP contribution in [0.15, 0.2) is 12.1 Å². The van der Waals surface area contributed by atoms with Gasteiger partial charge in [-0.1, -0.05) is 0 Å².